The van der Waals surface area contributed by atoms with Crippen LogP contribution in [0.1, 0.15) is 129 Å². The summed E-state index contributed by atoms with van der Waals surface area (Å²) in [5.74, 6) is 0. The van der Waals surface area contributed by atoms with Crippen molar-refractivity contribution in [3.05, 3.63) is 12.3 Å². The molecule has 0 aliphatic carbocycles. The lowest BCUT2D eigenvalue weighted by Gasteiger charge is -2.30. The van der Waals surface area contributed by atoms with Crippen LogP contribution >= 0.6 is 0 Å². The number of allylic oxidation sites excluding steroid dienone is 1. The summed E-state index contributed by atoms with van der Waals surface area (Å²) in [5.41, 5.74) is 1.41. The lowest BCUT2D eigenvalue weighted by atomic mass is 10.0. The van der Waals surface area contributed by atoms with E-state index in [1.54, 1.807) is 0 Å². The molecule has 0 N–H and O–H groups in total. The Morgan fingerprint density at radius 2 is 1.00 bits per heavy atom. The van der Waals surface area contributed by atoms with Crippen LogP contribution in [0.15, 0.2) is 12.3 Å². The highest BCUT2D eigenvalue weighted by Crippen LogP contribution is 2.19. The Kier molecular flexibility index (Phi) is 15.3. The first-order valence-electron chi connectivity index (χ1n) is 11.8. The monoisotopic (exact) mass is 349 g/mol. The third-order valence-corrected chi connectivity index (χ3v) is 5.87. The number of hydrogen-bond acceptors (Lipinski definition) is 1. The fourth-order valence-corrected chi connectivity index (χ4v) is 4.07. The van der Waals surface area contributed by atoms with E-state index in [1.807, 2.05) is 0 Å². The van der Waals surface area contributed by atoms with Crippen LogP contribution in [0.25, 0.3) is 0 Å². The molecule has 0 unspecified atom stereocenters. The van der Waals surface area contributed by atoms with E-state index in [-0.39, 0.29) is 0 Å². The van der Waals surface area contributed by atoms with Gasteiger partial charge in [-0.3, -0.25) is 0 Å². The molecule has 0 amide bonds. The highest BCUT2D eigenvalue weighted by atomic mass is 15.1. The van der Waals surface area contributed by atoms with E-state index >= 15 is 0 Å². The standard InChI is InChI=1S/C24H47N/c1-3-4-5-6-7-8-9-10-11-12-13-14-15-16-18-21-24(2)25-22-19-17-20-23-25/h2-23H2,1H3. The fraction of sp³-hybridized carbons (Fsp3) is 0.917. The second kappa shape index (κ2) is 17.0. The van der Waals surface area contributed by atoms with Crippen molar-refractivity contribution in [2.75, 3.05) is 13.1 Å². The van der Waals surface area contributed by atoms with Crippen LogP contribution < -0.4 is 0 Å². The Morgan fingerprint density at radius 1 is 0.600 bits per heavy atom. The zero-order chi connectivity index (χ0) is 18.0. The summed E-state index contributed by atoms with van der Waals surface area (Å²) >= 11 is 0. The smallest absolute Gasteiger partial charge is 0.0174 e. The number of nitrogens with zero attached hydrogens (tertiary/aromatic N) is 1. The number of likely N-dealkylation sites (tertiary alicyclic amines) is 1. The average Bonchev–Trinajstić information content (AvgIpc) is 2.65. The molecule has 0 radical (unpaired) electrons. The molecule has 1 saturated heterocycles. The van der Waals surface area contributed by atoms with Gasteiger partial charge in [0.2, 0.25) is 0 Å². The van der Waals surface area contributed by atoms with Crippen molar-refractivity contribution in [2.45, 2.75) is 129 Å². The van der Waals surface area contributed by atoms with Gasteiger partial charge in [0.05, 0.1) is 0 Å². The maximum absolute atomic E-state index is 4.31. The van der Waals surface area contributed by atoms with Crippen molar-refractivity contribution in [1.29, 1.82) is 0 Å². The van der Waals surface area contributed by atoms with Crippen LogP contribution in [0.5, 0.6) is 0 Å². The fourth-order valence-electron chi connectivity index (χ4n) is 4.07. The predicted octanol–water partition coefficient (Wildman–Crippen LogP) is 8.25. The van der Waals surface area contributed by atoms with E-state index < -0.39 is 0 Å². The molecule has 0 spiro atoms. The van der Waals surface area contributed by atoms with E-state index in [4.69, 9.17) is 0 Å². The quantitative estimate of drug-likeness (QED) is 0.239. The highest BCUT2D eigenvalue weighted by Gasteiger charge is 2.10. The van der Waals surface area contributed by atoms with Crippen molar-refractivity contribution >= 4 is 0 Å². The molecule has 0 saturated carbocycles. The van der Waals surface area contributed by atoms with Gasteiger partial charge in [0.15, 0.2) is 0 Å². The van der Waals surface area contributed by atoms with E-state index in [0.29, 0.717) is 0 Å². The van der Waals surface area contributed by atoms with Crippen molar-refractivity contribution < 1.29 is 0 Å². The molecule has 25 heavy (non-hydrogen) atoms. The SMILES string of the molecule is C=C(CCCCCCCCCCCCCCCCC)N1CCCCC1. The molecule has 0 bridgehead atoms. The molecular formula is C24H47N. The highest BCUT2D eigenvalue weighted by molar-refractivity contribution is 4.94. The lowest BCUT2D eigenvalue weighted by Crippen LogP contribution is -2.28. The first-order chi connectivity index (χ1) is 12.3. The predicted molar refractivity (Wildman–Crippen MR) is 114 cm³/mol. The van der Waals surface area contributed by atoms with Crippen LogP contribution in [0, 0.1) is 0 Å². The Labute approximate surface area is 159 Å². The maximum atomic E-state index is 4.31. The van der Waals surface area contributed by atoms with Gasteiger partial charge in [0.1, 0.15) is 0 Å². The molecule has 148 valence electrons. The number of rotatable bonds is 17. The molecule has 1 rings (SSSR count). The molecule has 1 heteroatoms. The van der Waals surface area contributed by atoms with Gasteiger partial charge < -0.3 is 4.90 Å². The number of hydrogen-bond donors (Lipinski definition) is 0. The van der Waals surface area contributed by atoms with E-state index in [9.17, 15) is 0 Å². The molecule has 0 aromatic rings. The molecule has 1 fully saturated rings. The van der Waals surface area contributed by atoms with Crippen molar-refractivity contribution in [3.63, 3.8) is 0 Å². The normalized spacial score (nSPS) is 14.8. The number of piperidine rings is 1. The van der Waals surface area contributed by atoms with E-state index in [1.165, 1.54) is 141 Å². The molecule has 1 heterocycles. The topological polar surface area (TPSA) is 3.24 Å². The zero-order valence-corrected chi connectivity index (χ0v) is 17.5. The minimum Gasteiger partial charge on any atom is -0.375 e. The van der Waals surface area contributed by atoms with Gasteiger partial charge >= 0.3 is 0 Å². The first-order valence-corrected chi connectivity index (χ1v) is 11.8. The Hall–Kier alpha value is -0.460. The van der Waals surface area contributed by atoms with E-state index in [2.05, 4.69) is 18.4 Å². The summed E-state index contributed by atoms with van der Waals surface area (Å²) < 4.78 is 0. The zero-order valence-electron chi connectivity index (χ0n) is 17.5. The van der Waals surface area contributed by atoms with Gasteiger partial charge in [0, 0.05) is 18.8 Å². The molecule has 0 aromatic heterocycles. The first kappa shape index (κ1) is 22.6. The van der Waals surface area contributed by atoms with Gasteiger partial charge in [-0.05, 0) is 32.1 Å². The minimum atomic E-state index is 1.23. The second-order valence-electron chi connectivity index (χ2n) is 8.31. The van der Waals surface area contributed by atoms with Crippen LogP contribution in [0.3, 0.4) is 0 Å². The van der Waals surface area contributed by atoms with Gasteiger partial charge in [-0.1, -0.05) is 103 Å². The van der Waals surface area contributed by atoms with Gasteiger partial charge in [0.25, 0.3) is 0 Å². The van der Waals surface area contributed by atoms with Crippen molar-refractivity contribution in [1.82, 2.24) is 4.90 Å². The Bertz CT molecular complexity index is 290. The molecule has 1 aliphatic heterocycles. The molecule has 0 aromatic carbocycles. The summed E-state index contributed by atoms with van der Waals surface area (Å²) in [7, 11) is 0. The summed E-state index contributed by atoms with van der Waals surface area (Å²) in [4.78, 5) is 2.54. The number of unbranched alkanes of at least 4 members (excludes halogenated alkanes) is 14. The maximum Gasteiger partial charge on any atom is 0.0174 e. The third-order valence-electron chi connectivity index (χ3n) is 5.87. The largest absolute Gasteiger partial charge is 0.375 e. The van der Waals surface area contributed by atoms with Crippen molar-refractivity contribution in [2.24, 2.45) is 0 Å². The Balaban J connectivity index is 1.73. The van der Waals surface area contributed by atoms with Gasteiger partial charge in [-0.25, -0.2) is 0 Å². The van der Waals surface area contributed by atoms with Gasteiger partial charge in [-0.15, -0.1) is 0 Å². The third kappa shape index (κ3) is 13.4. The molecular weight excluding hydrogens is 302 g/mol. The second-order valence-corrected chi connectivity index (χ2v) is 8.31. The summed E-state index contributed by atoms with van der Waals surface area (Å²) in [6, 6.07) is 0. The van der Waals surface area contributed by atoms with Crippen LogP contribution in [-0.4, -0.2) is 18.0 Å². The van der Waals surface area contributed by atoms with Crippen molar-refractivity contribution in [3.8, 4) is 0 Å². The van der Waals surface area contributed by atoms with Crippen LogP contribution in [-0.2, 0) is 0 Å². The Morgan fingerprint density at radius 3 is 1.44 bits per heavy atom. The van der Waals surface area contributed by atoms with Crippen LogP contribution in [0.4, 0.5) is 0 Å². The summed E-state index contributed by atoms with van der Waals surface area (Å²) in [6.45, 7) is 9.13. The summed E-state index contributed by atoms with van der Waals surface area (Å²) in [6.07, 6.45) is 27.1. The minimum absolute atomic E-state index is 1.23. The summed E-state index contributed by atoms with van der Waals surface area (Å²) in [5, 5.41) is 0. The molecule has 1 nitrogen and oxygen atoms in total. The van der Waals surface area contributed by atoms with Crippen LogP contribution in [0.2, 0.25) is 0 Å². The van der Waals surface area contributed by atoms with E-state index in [0.717, 1.165) is 0 Å². The van der Waals surface area contributed by atoms with Gasteiger partial charge in [-0.2, -0.15) is 0 Å². The molecule has 1 aliphatic rings. The molecule has 0 atom stereocenters. The average molecular weight is 350 g/mol. The lowest BCUT2D eigenvalue weighted by molar-refractivity contribution is 0.276.